The van der Waals surface area contributed by atoms with Crippen LogP contribution in [0.5, 0.6) is 0 Å². The lowest BCUT2D eigenvalue weighted by Gasteiger charge is -2.32. The highest BCUT2D eigenvalue weighted by molar-refractivity contribution is 7.19. The fourth-order valence-corrected chi connectivity index (χ4v) is 5.43. The molecule has 0 aromatic carbocycles. The molecule has 1 saturated heterocycles. The van der Waals surface area contributed by atoms with Crippen LogP contribution in [0.25, 0.3) is 10.2 Å². The lowest BCUT2D eigenvalue weighted by atomic mass is 9.96. The Kier molecular flexibility index (Phi) is 3.51. The van der Waals surface area contributed by atoms with Gasteiger partial charge in [0, 0.05) is 23.9 Å². The van der Waals surface area contributed by atoms with E-state index in [2.05, 4.69) is 15.0 Å². The van der Waals surface area contributed by atoms with E-state index in [0.29, 0.717) is 5.92 Å². The maximum atomic E-state index is 5.38. The first-order chi connectivity index (χ1) is 12.2. The van der Waals surface area contributed by atoms with Crippen LogP contribution >= 0.6 is 11.3 Å². The van der Waals surface area contributed by atoms with Crippen molar-refractivity contribution in [1.29, 1.82) is 0 Å². The first kappa shape index (κ1) is 15.3. The molecule has 130 valence electrons. The van der Waals surface area contributed by atoms with Crippen LogP contribution in [0.3, 0.4) is 0 Å². The molecule has 4 heterocycles. The van der Waals surface area contributed by atoms with E-state index in [-0.39, 0.29) is 0 Å². The molecule has 3 aromatic rings. The van der Waals surface area contributed by atoms with Crippen molar-refractivity contribution in [1.82, 2.24) is 20.1 Å². The van der Waals surface area contributed by atoms with Gasteiger partial charge in [0.2, 0.25) is 5.89 Å². The summed E-state index contributed by atoms with van der Waals surface area (Å²) in [4.78, 5) is 19.1. The molecule has 0 amide bonds. The van der Waals surface area contributed by atoms with Gasteiger partial charge in [0.05, 0.1) is 5.39 Å². The lowest BCUT2D eigenvalue weighted by molar-refractivity contribution is 0.327. The number of rotatable bonds is 2. The summed E-state index contributed by atoms with van der Waals surface area (Å²) >= 11 is 1.87. The Morgan fingerprint density at radius 3 is 2.64 bits per heavy atom. The molecule has 0 N–H and O–H groups in total. The summed E-state index contributed by atoms with van der Waals surface area (Å²) in [6.07, 6.45) is 5.69. The predicted octanol–water partition coefficient (Wildman–Crippen LogP) is 3.56. The van der Waals surface area contributed by atoms with Gasteiger partial charge in [-0.05, 0) is 51.5 Å². The number of nitrogens with zero attached hydrogens (tertiary/aromatic N) is 5. The van der Waals surface area contributed by atoms with Crippen LogP contribution in [-0.2, 0) is 12.8 Å². The molecule has 0 unspecified atom stereocenters. The third-order valence-electron chi connectivity index (χ3n) is 5.34. The van der Waals surface area contributed by atoms with E-state index in [9.17, 15) is 0 Å². The molecular formula is C18H21N5OS. The minimum atomic E-state index is 0.365. The number of aryl methyl sites for hydroxylation is 4. The molecule has 0 radical (unpaired) electrons. The quantitative estimate of drug-likeness (QED) is 0.700. The molecule has 1 aliphatic heterocycles. The zero-order valence-corrected chi connectivity index (χ0v) is 15.4. The van der Waals surface area contributed by atoms with Crippen LogP contribution in [0, 0.1) is 13.8 Å². The average Bonchev–Trinajstić information content (AvgIpc) is 3.30. The van der Waals surface area contributed by atoms with Crippen molar-refractivity contribution in [2.75, 3.05) is 18.0 Å². The molecule has 7 heteroatoms. The van der Waals surface area contributed by atoms with E-state index in [4.69, 9.17) is 14.5 Å². The molecule has 0 spiro atoms. The molecule has 0 bridgehead atoms. The molecular weight excluding hydrogens is 334 g/mol. The van der Waals surface area contributed by atoms with Crippen molar-refractivity contribution in [3.8, 4) is 0 Å². The van der Waals surface area contributed by atoms with Crippen LogP contribution < -0.4 is 4.90 Å². The standard InChI is InChI=1S/C18H21N5OS/c1-10-19-16(15-13-4-3-5-14(13)25-18(15)21-10)23-8-6-12(7-9-23)17-20-11(2)22-24-17/h12H,3-9H2,1-2H3. The molecule has 2 aliphatic rings. The molecule has 1 aliphatic carbocycles. The number of fused-ring (bicyclic) bond motifs is 3. The highest BCUT2D eigenvalue weighted by Crippen LogP contribution is 2.41. The van der Waals surface area contributed by atoms with Gasteiger partial charge in [-0.1, -0.05) is 5.16 Å². The maximum absolute atomic E-state index is 5.38. The minimum Gasteiger partial charge on any atom is -0.356 e. The zero-order chi connectivity index (χ0) is 17.0. The molecule has 5 rings (SSSR count). The van der Waals surface area contributed by atoms with Gasteiger partial charge in [-0.15, -0.1) is 11.3 Å². The molecule has 0 saturated carbocycles. The summed E-state index contributed by atoms with van der Waals surface area (Å²) in [7, 11) is 0. The Morgan fingerprint density at radius 1 is 1.04 bits per heavy atom. The Labute approximate surface area is 150 Å². The fourth-order valence-electron chi connectivity index (χ4n) is 4.13. The van der Waals surface area contributed by atoms with Gasteiger partial charge in [0.15, 0.2) is 5.82 Å². The normalized spacial score (nSPS) is 18.2. The zero-order valence-electron chi connectivity index (χ0n) is 14.6. The summed E-state index contributed by atoms with van der Waals surface area (Å²) in [6.45, 7) is 5.83. The number of thiophene rings is 1. The monoisotopic (exact) mass is 355 g/mol. The maximum Gasteiger partial charge on any atom is 0.229 e. The number of aromatic nitrogens is 4. The second kappa shape index (κ2) is 5.76. The largest absolute Gasteiger partial charge is 0.356 e. The summed E-state index contributed by atoms with van der Waals surface area (Å²) in [6, 6.07) is 0. The summed E-state index contributed by atoms with van der Waals surface area (Å²) < 4.78 is 5.38. The lowest BCUT2D eigenvalue weighted by Crippen LogP contribution is -2.34. The van der Waals surface area contributed by atoms with Crippen molar-refractivity contribution in [2.24, 2.45) is 0 Å². The van der Waals surface area contributed by atoms with E-state index in [1.807, 2.05) is 25.2 Å². The molecule has 0 atom stereocenters. The van der Waals surface area contributed by atoms with Gasteiger partial charge in [0.25, 0.3) is 0 Å². The summed E-state index contributed by atoms with van der Waals surface area (Å²) in [5, 5.41) is 5.25. The highest BCUT2D eigenvalue weighted by atomic mass is 32.1. The molecule has 6 nitrogen and oxygen atoms in total. The summed E-state index contributed by atoms with van der Waals surface area (Å²) in [5.74, 6) is 3.89. The van der Waals surface area contributed by atoms with E-state index in [0.717, 1.165) is 49.3 Å². The molecule has 3 aromatic heterocycles. The van der Waals surface area contributed by atoms with Crippen LogP contribution in [0.2, 0.25) is 0 Å². The smallest absolute Gasteiger partial charge is 0.229 e. The van der Waals surface area contributed by atoms with E-state index in [1.165, 1.54) is 39.9 Å². The van der Waals surface area contributed by atoms with Crippen molar-refractivity contribution >= 4 is 27.4 Å². The Morgan fingerprint density at radius 2 is 1.88 bits per heavy atom. The van der Waals surface area contributed by atoms with Gasteiger partial charge in [-0.2, -0.15) is 4.98 Å². The van der Waals surface area contributed by atoms with Crippen LogP contribution in [0.1, 0.15) is 53.2 Å². The predicted molar refractivity (Wildman–Crippen MR) is 97.4 cm³/mol. The molecule has 25 heavy (non-hydrogen) atoms. The Balaban J connectivity index is 1.46. The molecule has 1 fully saturated rings. The first-order valence-corrected chi connectivity index (χ1v) is 9.85. The highest BCUT2D eigenvalue weighted by Gasteiger charge is 2.29. The van der Waals surface area contributed by atoms with Crippen molar-refractivity contribution < 1.29 is 4.52 Å². The fraction of sp³-hybridized carbons (Fsp3) is 0.556. The second-order valence-corrected chi connectivity index (χ2v) is 8.16. The average molecular weight is 355 g/mol. The van der Waals surface area contributed by atoms with Gasteiger partial charge in [-0.25, -0.2) is 9.97 Å². The van der Waals surface area contributed by atoms with Gasteiger partial charge in [-0.3, -0.25) is 0 Å². The van der Waals surface area contributed by atoms with Crippen LogP contribution in [0.15, 0.2) is 4.52 Å². The Hall–Kier alpha value is -2.02. The van der Waals surface area contributed by atoms with Gasteiger partial charge < -0.3 is 9.42 Å². The van der Waals surface area contributed by atoms with E-state index in [1.54, 1.807) is 0 Å². The van der Waals surface area contributed by atoms with E-state index < -0.39 is 0 Å². The Bertz CT molecular complexity index is 938. The number of anilines is 1. The third kappa shape index (κ3) is 2.52. The summed E-state index contributed by atoms with van der Waals surface area (Å²) in [5.41, 5.74) is 1.50. The van der Waals surface area contributed by atoms with Crippen molar-refractivity contribution in [2.45, 2.75) is 51.9 Å². The van der Waals surface area contributed by atoms with Gasteiger partial charge in [0.1, 0.15) is 16.5 Å². The second-order valence-electron chi connectivity index (χ2n) is 7.07. The topological polar surface area (TPSA) is 67.9 Å². The van der Waals surface area contributed by atoms with Crippen LogP contribution in [-0.4, -0.2) is 33.2 Å². The van der Waals surface area contributed by atoms with Gasteiger partial charge >= 0.3 is 0 Å². The first-order valence-electron chi connectivity index (χ1n) is 9.03. The SMILES string of the molecule is Cc1noc(C2CCN(c3nc(C)nc4sc5c(c34)CCC5)CC2)n1. The van der Waals surface area contributed by atoms with E-state index >= 15 is 0 Å². The number of piperidine rings is 1. The third-order valence-corrected chi connectivity index (χ3v) is 6.53. The number of hydrogen-bond acceptors (Lipinski definition) is 7. The van der Waals surface area contributed by atoms with Crippen molar-refractivity contribution in [3.05, 3.63) is 28.0 Å². The van der Waals surface area contributed by atoms with Crippen LogP contribution in [0.4, 0.5) is 5.82 Å². The van der Waals surface area contributed by atoms with Crippen molar-refractivity contribution in [3.63, 3.8) is 0 Å². The minimum absolute atomic E-state index is 0.365. The number of hydrogen-bond donors (Lipinski definition) is 0.